The van der Waals surface area contributed by atoms with E-state index >= 15 is 0 Å². The number of carboxylic acid groups (broad SMARTS) is 1. The molecule has 6 nitrogen and oxygen atoms in total. The molecular weight excluding hydrogens is 234 g/mol. The molecule has 1 fully saturated rings. The predicted octanol–water partition coefficient (Wildman–Crippen LogP) is 0.578. The maximum absolute atomic E-state index is 10.8. The Hall–Kier alpha value is -1.40. The summed E-state index contributed by atoms with van der Waals surface area (Å²) >= 11 is 0. The molecule has 6 heteroatoms. The van der Waals surface area contributed by atoms with Crippen molar-refractivity contribution in [1.29, 1.82) is 0 Å². The molecule has 0 amide bonds. The lowest BCUT2D eigenvalue weighted by Gasteiger charge is -2.34. The Morgan fingerprint density at radius 2 is 2.50 bits per heavy atom. The lowest BCUT2D eigenvalue weighted by Crippen LogP contribution is -2.46. The van der Waals surface area contributed by atoms with Crippen LogP contribution in [-0.2, 0) is 22.6 Å². The highest BCUT2D eigenvalue weighted by molar-refractivity contribution is 5.67. The number of carbonyl (C=O) groups is 1. The third-order valence-electron chi connectivity index (χ3n) is 3.26. The first-order chi connectivity index (χ1) is 8.70. The topological polar surface area (TPSA) is 67.6 Å². The monoisotopic (exact) mass is 253 g/mol. The van der Waals surface area contributed by atoms with Crippen LogP contribution in [0.4, 0.5) is 0 Å². The molecule has 100 valence electrons. The first-order valence-electron chi connectivity index (χ1n) is 6.23. The highest BCUT2D eigenvalue weighted by Crippen LogP contribution is 2.14. The zero-order valence-electron chi connectivity index (χ0n) is 10.6. The molecule has 1 atom stereocenters. The van der Waals surface area contributed by atoms with E-state index in [0.717, 1.165) is 25.3 Å². The summed E-state index contributed by atoms with van der Waals surface area (Å²) in [6.45, 7) is 5.60. The molecule has 2 rings (SSSR count). The maximum atomic E-state index is 10.8. The molecule has 0 aromatic carbocycles. The van der Waals surface area contributed by atoms with Crippen LogP contribution in [0.2, 0.25) is 0 Å². The highest BCUT2D eigenvalue weighted by Gasteiger charge is 2.25. The smallest absolute Gasteiger partial charge is 0.305 e. The number of aryl methyl sites for hydroxylation is 1. The van der Waals surface area contributed by atoms with Crippen molar-refractivity contribution >= 4 is 5.97 Å². The highest BCUT2D eigenvalue weighted by atomic mass is 16.5. The van der Waals surface area contributed by atoms with E-state index in [2.05, 4.69) is 21.4 Å². The fourth-order valence-corrected chi connectivity index (χ4v) is 2.26. The van der Waals surface area contributed by atoms with Gasteiger partial charge in [-0.3, -0.25) is 9.69 Å². The van der Waals surface area contributed by atoms with E-state index in [-0.39, 0.29) is 12.5 Å². The van der Waals surface area contributed by atoms with Crippen LogP contribution in [0.15, 0.2) is 12.5 Å². The third kappa shape index (κ3) is 3.08. The van der Waals surface area contributed by atoms with Gasteiger partial charge >= 0.3 is 5.97 Å². The zero-order valence-corrected chi connectivity index (χ0v) is 10.6. The lowest BCUT2D eigenvalue weighted by molar-refractivity contribution is -0.140. The molecule has 1 N–H and O–H groups in total. The zero-order chi connectivity index (χ0) is 13.0. The van der Waals surface area contributed by atoms with E-state index in [1.54, 1.807) is 0 Å². The number of hydrogen-bond acceptors (Lipinski definition) is 4. The molecular formula is C12H19N3O3. The average molecular weight is 253 g/mol. The van der Waals surface area contributed by atoms with Crippen LogP contribution >= 0.6 is 0 Å². The number of aromatic nitrogens is 2. The molecule has 1 aliphatic heterocycles. The van der Waals surface area contributed by atoms with Gasteiger partial charge in [-0.15, -0.1) is 0 Å². The molecule has 2 heterocycles. The van der Waals surface area contributed by atoms with Gasteiger partial charge < -0.3 is 14.4 Å². The number of hydrogen-bond donors (Lipinski definition) is 1. The van der Waals surface area contributed by atoms with Gasteiger partial charge in [-0.1, -0.05) is 0 Å². The number of imidazole rings is 1. The summed E-state index contributed by atoms with van der Waals surface area (Å²) < 4.78 is 7.44. The third-order valence-corrected chi connectivity index (χ3v) is 3.26. The second kappa shape index (κ2) is 5.97. The van der Waals surface area contributed by atoms with Gasteiger partial charge in [0.05, 0.1) is 31.7 Å². The van der Waals surface area contributed by atoms with Gasteiger partial charge in [-0.05, 0) is 6.92 Å². The minimum atomic E-state index is -0.778. The number of aliphatic carboxylic acids is 1. The quantitative estimate of drug-likeness (QED) is 0.831. The van der Waals surface area contributed by atoms with Crippen LogP contribution in [0, 0.1) is 0 Å². The summed E-state index contributed by atoms with van der Waals surface area (Å²) in [5.41, 5.74) is 1.12. The summed E-state index contributed by atoms with van der Waals surface area (Å²) in [5.74, 6) is -0.778. The van der Waals surface area contributed by atoms with Gasteiger partial charge in [0, 0.05) is 31.9 Å². The Morgan fingerprint density at radius 3 is 3.22 bits per heavy atom. The van der Waals surface area contributed by atoms with Crippen molar-refractivity contribution in [2.75, 3.05) is 19.8 Å². The van der Waals surface area contributed by atoms with E-state index < -0.39 is 5.97 Å². The fraction of sp³-hybridized carbons (Fsp3) is 0.667. The minimum Gasteiger partial charge on any atom is -0.481 e. The van der Waals surface area contributed by atoms with E-state index in [1.807, 2.05) is 12.5 Å². The van der Waals surface area contributed by atoms with Crippen molar-refractivity contribution in [3.8, 4) is 0 Å². The molecule has 1 aliphatic rings. The Bertz CT molecular complexity index is 405. The van der Waals surface area contributed by atoms with Gasteiger partial charge in [0.25, 0.3) is 0 Å². The predicted molar refractivity (Wildman–Crippen MR) is 65.2 cm³/mol. The van der Waals surface area contributed by atoms with E-state index in [0.29, 0.717) is 13.2 Å². The number of rotatable bonds is 5. The van der Waals surface area contributed by atoms with Crippen LogP contribution in [0.5, 0.6) is 0 Å². The number of carboxylic acids is 1. The Morgan fingerprint density at radius 1 is 1.67 bits per heavy atom. The van der Waals surface area contributed by atoms with Crippen LogP contribution in [-0.4, -0.2) is 51.3 Å². The van der Waals surface area contributed by atoms with E-state index in [1.165, 1.54) is 0 Å². The normalized spacial score (nSPS) is 21.1. The molecule has 0 bridgehead atoms. The van der Waals surface area contributed by atoms with Crippen molar-refractivity contribution in [3.63, 3.8) is 0 Å². The van der Waals surface area contributed by atoms with Crippen molar-refractivity contribution in [2.45, 2.75) is 32.5 Å². The van der Waals surface area contributed by atoms with Gasteiger partial charge in [0.15, 0.2) is 0 Å². The second-order valence-corrected chi connectivity index (χ2v) is 4.47. The van der Waals surface area contributed by atoms with Crippen molar-refractivity contribution in [2.24, 2.45) is 0 Å². The lowest BCUT2D eigenvalue weighted by atomic mass is 10.1. The number of nitrogens with zero attached hydrogens (tertiary/aromatic N) is 3. The van der Waals surface area contributed by atoms with E-state index in [9.17, 15) is 4.79 Å². The van der Waals surface area contributed by atoms with Crippen molar-refractivity contribution < 1.29 is 14.6 Å². The van der Waals surface area contributed by atoms with Crippen LogP contribution < -0.4 is 0 Å². The Balaban J connectivity index is 2.03. The molecule has 0 spiro atoms. The number of morpholine rings is 1. The summed E-state index contributed by atoms with van der Waals surface area (Å²) in [6, 6.07) is -0.0449. The van der Waals surface area contributed by atoms with Crippen LogP contribution in [0.1, 0.15) is 19.0 Å². The Kier molecular flexibility index (Phi) is 4.33. The molecule has 1 saturated heterocycles. The molecule has 1 aromatic rings. The summed E-state index contributed by atoms with van der Waals surface area (Å²) in [7, 11) is 0. The van der Waals surface area contributed by atoms with Gasteiger partial charge in [0.1, 0.15) is 0 Å². The molecule has 0 aliphatic carbocycles. The largest absolute Gasteiger partial charge is 0.481 e. The summed E-state index contributed by atoms with van der Waals surface area (Å²) in [5, 5.41) is 8.91. The average Bonchev–Trinajstić information content (AvgIpc) is 2.78. The van der Waals surface area contributed by atoms with Gasteiger partial charge in [0.2, 0.25) is 0 Å². The van der Waals surface area contributed by atoms with Crippen molar-refractivity contribution in [3.05, 3.63) is 18.2 Å². The summed E-state index contributed by atoms with van der Waals surface area (Å²) in [6.07, 6.45) is 3.78. The first kappa shape index (κ1) is 13.0. The molecule has 0 radical (unpaired) electrons. The van der Waals surface area contributed by atoms with Crippen LogP contribution in [0.25, 0.3) is 0 Å². The molecule has 1 aromatic heterocycles. The standard InChI is InChI=1S/C12H19N3O3/c1-2-14-9-13-6-11(14)7-15-3-4-18-8-10(15)5-12(16)17/h6,9-10H,2-5,7-8H2,1H3,(H,16,17). The van der Waals surface area contributed by atoms with Gasteiger partial charge in [-0.25, -0.2) is 4.98 Å². The molecule has 0 saturated carbocycles. The van der Waals surface area contributed by atoms with Gasteiger partial charge in [-0.2, -0.15) is 0 Å². The molecule has 18 heavy (non-hydrogen) atoms. The van der Waals surface area contributed by atoms with Crippen LogP contribution in [0.3, 0.4) is 0 Å². The first-order valence-corrected chi connectivity index (χ1v) is 6.23. The molecule has 1 unspecified atom stereocenters. The Labute approximate surface area is 106 Å². The fourth-order valence-electron chi connectivity index (χ4n) is 2.26. The minimum absolute atomic E-state index is 0.0449. The van der Waals surface area contributed by atoms with E-state index in [4.69, 9.17) is 9.84 Å². The summed E-state index contributed by atoms with van der Waals surface area (Å²) in [4.78, 5) is 17.1. The van der Waals surface area contributed by atoms with Crippen molar-refractivity contribution in [1.82, 2.24) is 14.5 Å². The SMILES string of the molecule is CCn1cncc1CN1CCOCC1CC(=O)O. The maximum Gasteiger partial charge on any atom is 0.305 e. The second-order valence-electron chi connectivity index (χ2n) is 4.47. The number of ether oxygens (including phenoxy) is 1.